The number of pyridine rings is 1. The number of aromatic amines is 1. The highest BCUT2D eigenvalue weighted by Crippen LogP contribution is 2.24. The Morgan fingerprint density at radius 2 is 1.92 bits per heavy atom. The van der Waals surface area contributed by atoms with Crippen LogP contribution in [0.15, 0.2) is 59.5 Å². The van der Waals surface area contributed by atoms with Gasteiger partial charge < -0.3 is 14.5 Å². The van der Waals surface area contributed by atoms with Gasteiger partial charge in [0, 0.05) is 44.2 Å². The molecule has 0 saturated carbocycles. The fourth-order valence-electron chi connectivity index (χ4n) is 4.54. The van der Waals surface area contributed by atoms with Crippen LogP contribution in [0.5, 0.6) is 5.75 Å². The minimum Gasteiger partial charge on any atom is -0.481 e. The van der Waals surface area contributed by atoms with Gasteiger partial charge in [-0.1, -0.05) is 12.0 Å². The highest BCUT2D eigenvalue weighted by Gasteiger charge is 2.25. The SMILES string of the molecule is C#CCOc1ccc2c(=O)[nH]nc(Cc3ccc(F)c(C(=O)N4CCN(c5ccc(C#N)cn5)CC4)c3)c2c1. The molecule has 0 radical (unpaired) electrons. The molecule has 0 spiro atoms. The maximum absolute atomic E-state index is 14.8. The number of rotatable bonds is 6. The van der Waals surface area contributed by atoms with Crippen molar-refractivity contribution < 1.29 is 13.9 Å². The standard InChI is InChI=1S/C29H23FN6O3/c1-2-13-39-21-5-6-22-23(16-21)26(33-34-28(22)37)15-19-3-7-25(30)24(14-19)29(38)36-11-9-35(10-12-36)27-8-4-20(17-31)18-32-27/h1,3-8,14,16,18H,9-13,15H2,(H,34,37). The molecule has 39 heavy (non-hydrogen) atoms. The Hall–Kier alpha value is -5.22. The van der Waals surface area contributed by atoms with Crippen LogP contribution in [0.25, 0.3) is 10.8 Å². The number of nitriles is 1. The van der Waals surface area contributed by atoms with Crippen LogP contribution in [-0.4, -0.2) is 58.8 Å². The average molecular weight is 523 g/mol. The number of carbonyl (C=O) groups excluding carboxylic acids is 1. The van der Waals surface area contributed by atoms with E-state index in [-0.39, 0.29) is 24.2 Å². The third-order valence-corrected chi connectivity index (χ3v) is 6.56. The van der Waals surface area contributed by atoms with E-state index >= 15 is 0 Å². The van der Waals surface area contributed by atoms with Crippen LogP contribution in [-0.2, 0) is 6.42 Å². The first kappa shape index (κ1) is 25.4. The number of carbonyl (C=O) groups is 1. The van der Waals surface area contributed by atoms with Crippen molar-refractivity contribution in [1.29, 1.82) is 5.26 Å². The number of H-pyrrole nitrogens is 1. The molecule has 10 heteroatoms. The molecule has 194 valence electrons. The molecule has 1 aliphatic heterocycles. The second-order valence-electron chi connectivity index (χ2n) is 8.99. The second kappa shape index (κ2) is 11.0. The van der Waals surface area contributed by atoms with E-state index in [1.54, 1.807) is 41.3 Å². The van der Waals surface area contributed by atoms with Crippen molar-refractivity contribution >= 4 is 22.5 Å². The lowest BCUT2D eigenvalue weighted by atomic mass is 10.0. The molecule has 1 N–H and O–H groups in total. The van der Waals surface area contributed by atoms with Crippen LogP contribution < -0.4 is 15.2 Å². The third-order valence-electron chi connectivity index (χ3n) is 6.56. The maximum Gasteiger partial charge on any atom is 0.272 e. The number of terminal acetylenes is 1. The molecule has 3 heterocycles. The summed E-state index contributed by atoms with van der Waals surface area (Å²) in [4.78, 5) is 33.5. The number of nitrogens with zero attached hydrogens (tertiary/aromatic N) is 5. The van der Waals surface area contributed by atoms with Gasteiger partial charge in [0.25, 0.3) is 11.5 Å². The van der Waals surface area contributed by atoms with E-state index in [0.29, 0.717) is 59.5 Å². The lowest BCUT2D eigenvalue weighted by Crippen LogP contribution is -2.49. The summed E-state index contributed by atoms with van der Waals surface area (Å²) in [5, 5.41) is 16.7. The number of hydrogen-bond acceptors (Lipinski definition) is 7. The summed E-state index contributed by atoms with van der Waals surface area (Å²) >= 11 is 0. The Bertz CT molecular complexity index is 1680. The van der Waals surface area contributed by atoms with E-state index in [2.05, 4.69) is 21.1 Å². The zero-order valence-electron chi connectivity index (χ0n) is 20.9. The van der Waals surface area contributed by atoms with Crippen LogP contribution >= 0.6 is 0 Å². The third kappa shape index (κ3) is 5.41. The number of hydrogen-bond donors (Lipinski definition) is 1. The molecular formula is C29H23FN6O3. The van der Waals surface area contributed by atoms with Crippen LogP contribution in [0.4, 0.5) is 10.2 Å². The van der Waals surface area contributed by atoms with E-state index in [9.17, 15) is 14.0 Å². The molecule has 1 amide bonds. The van der Waals surface area contributed by atoms with E-state index in [1.165, 1.54) is 18.3 Å². The predicted octanol–water partition coefficient (Wildman–Crippen LogP) is 2.89. The van der Waals surface area contributed by atoms with Gasteiger partial charge in [-0.3, -0.25) is 9.59 Å². The van der Waals surface area contributed by atoms with Gasteiger partial charge in [-0.2, -0.15) is 10.4 Å². The van der Waals surface area contributed by atoms with Gasteiger partial charge in [0.15, 0.2) is 0 Å². The Morgan fingerprint density at radius 1 is 1.10 bits per heavy atom. The molecule has 0 unspecified atom stereocenters. The molecule has 1 fully saturated rings. The Morgan fingerprint density at radius 3 is 2.64 bits per heavy atom. The van der Waals surface area contributed by atoms with Crippen molar-refractivity contribution in [2.24, 2.45) is 0 Å². The highest BCUT2D eigenvalue weighted by atomic mass is 19.1. The summed E-state index contributed by atoms with van der Waals surface area (Å²) in [6.45, 7) is 1.94. The molecule has 9 nitrogen and oxygen atoms in total. The highest BCUT2D eigenvalue weighted by molar-refractivity contribution is 5.95. The van der Waals surface area contributed by atoms with Crippen molar-refractivity contribution in [3.05, 3.63) is 93.3 Å². The number of halogens is 1. The molecule has 0 bridgehead atoms. The first-order chi connectivity index (χ1) is 19.0. The second-order valence-corrected chi connectivity index (χ2v) is 8.99. The van der Waals surface area contributed by atoms with E-state index < -0.39 is 11.7 Å². The maximum atomic E-state index is 14.8. The van der Waals surface area contributed by atoms with Gasteiger partial charge in [-0.05, 0) is 48.0 Å². The van der Waals surface area contributed by atoms with E-state index in [1.807, 2.05) is 11.0 Å². The minimum atomic E-state index is -0.607. The number of piperazine rings is 1. The predicted molar refractivity (Wildman–Crippen MR) is 143 cm³/mol. The summed E-state index contributed by atoms with van der Waals surface area (Å²) in [5.74, 6) is 2.62. The van der Waals surface area contributed by atoms with E-state index in [0.717, 1.165) is 5.82 Å². The molecule has 4 aromatic rings. The monoisotopic (exact) mass is 522 g/mol. The first-order valence-corrected chi connectivity index (χ1v) is 12.2. The average Bonchev–Trinajstić information content (AvgIpc) is 2.98. The Balaban J connectivity index is 1.34. The summed E-state index contributed by atoms with van der Waals surface area (Å²) < 4.78 is 20.3. The zero-order chi connectivity index (χ0) is 27.4. The first-order valence-electron chi connectivity index (χ1n) is 12.2. The topological polar surface area (TPSA) is 115 Å². The number of aromatic nitrogens is 3. The number of anilines is 1. The Kier molecular flexibility index (Phi) is 7.19. The van der Waals surface area contributed by atoms with Crippen molar-refractivity contribution in [3.8, 4) is 24.2 Å². The molecule has 1 aliphatic rings. The molecule has 0 aliphatic carbocycles. The minimum absolute atomic E-state index is 0.0239. The fourth-order valence-corrected chi connectivity index (χ4v) is 4.54. The summed E-state index contributed by atoms with van der Waals surface area (Å²) in [5.41, 5.74) is 1.32. The lowest BCUT2D eigenvalue weighted by molar-refractivity contribution is 0.0741. The van der Waals surface area contributed by atoms with Crippen molar-refractivity contribution in [2.45, 2.75) is 6.42 Å². The van der Waals surface area contributed by atoms with Crippen LogP contribution in [0.3, 0.4) is 0 Å². The Labute approximate surface area is 223 Å². The molecule has 1 saturated heterocycles. The number of amides is 1. The van der Waals surface area contributed by atoms with Crippen molar-refractivity contribution in [2.75, 3.05) is 37.7 Å². The van der Waals surface area contributed by atoms with Crippen LogP contribution in [0.1, 0.15) is 27.2 Å². The number of ether oxygens (including phenoxy) is 1. The molecule has 0 atom stereocenters. The lowest BCUT2D eigenvalue weighted by Gasteiger charge is -2.35. The smallest absolute Gasteiger partial charge is 0.272 e. The number of benzene rings is 2. The van der Waals surface area contributed by atoms with Gasteiger partial charge in [0.2, 0.25) is 0 Å². The van der Waals surface area contributed by atoms with Gasteiger partial charge in [-0.25, -0.2) is 14.5 Å². The van der Waals surface area contributed by atoms with Gasteiger partial charge >= 0.3 is 0 Å². The van der Waals surface area contributed by atoms with Crippen molar-refractivity contribution in [1.82, 2.24) is 20.1 Å². The van der Waals surface area contributed by atoms with Gasteiger partial charge in [0.1, 0.15) is 30.1 Å². The number of nitrogens with one attached hydrogen (secondary N) is 1. The molecular weight excluding hydrogens is 499 g/mol. The number of fused-ring (bicyclic) bond motifs is 1. The summed E-state index contributed by atoms with van der Waals surface area (Å²) in [6.07, 6.45) is 7.04. The van der Waals surface area contributed by atoms with Gasteiger partial charge in [0.05, 0.1) is 22.2 Å². The van der Waals surface area contributed by atoms with Crippen molar-refractivity contribution in [3.63, 3.8) is 0 Å². The normalized spacial score (nSPS) is 13.1. The van der Waals surface area contributed by atoms with Crippen LogP contribution in [0.2, 0.25) is 0 Å². The zero-order valence-corrected chi connectivity index (χ0v) is 20.9. The fraction of sp³-hybridized carbons (Fsp3) is 0.207. The van der Waals surface area contributed by atoms with E-state index in [4.69, 9.17) is 16.4 Å². The molecule has 5 rings (SSSR count). The molecule has 2 aromatic carbocycles. The van der Waals surface area contributed by atoms with Gasteiger partial charge in [-0.15, -0.1) is 6.42 Å². The summed E-state index contributed by atoms with van der Waals surface area (Å²) in [6, 6.07) is 14.9. The quantitative estimate of drug-likeness (QED) is 0.387. The largest absolute Gasteiger partial charge is 0.481 e. The van der Waals surface area contributed by atoms with Crippen LogP contribution in [0, 0.1) is 29.5 Å². The molecule has 2 aromatic heterocycles. The summed E-state index contributed by atoms with van der Waals surface area (Å²) in [7, 11) is 0.